The molecular formula is C19H22N2O2S. The Labute approximate surface area is 146 Å². The van der Waals surface area contributed by atoms with Gasteiger partial charge in [0.1, 0.15) is 5.75 Å². The lowest BCUT2D eigenvalue weighted by Crippen LogP contribution is -2.41. The summed E-state index contributed by atoms with van der Waals surface area (Å²) < 4.78 is 5.25. The molecule has 2 aromatic rings. The van der Waals surface area contributed by atoms with Crippen molar-refractivity contribution in [2.45, 2.75) is 18.9 Å². The number of carbonyl (C=O) groups is 1. The molecule has 3 rings (SSSR count). The van der Waals surface area contributed by atoms with Crippen molar-refractivity contribution < 1.29 is 9.53 Å². The highest BCUT2D eigenvalue weighted by atomic mass is 32.1. The number of hydrogen-bond donors (Lipinski definition) is 1. The van der Waals surface area contributed by atoms with Crippen LogP contribution in [0, 0.1) is 0 Å². The number of methoxy groups -OCH3 is 1. The summed E-state index contributed by atoms with van der Waals surface area (Å²) >= 11 is 1.64. The number of piperidine rings is 1. The molecule has 4 nitrogen and oxygen atoms in total. The number of benzene rings is 1. The maximum Gasteiger partial charge on any atom is 0.246 e. The van der Waals surface area contributed by atoms with E-state index in [1.54, 1.807) is 24.5 Å². The molecule has 1 aromatic carbocycles. The number of hydrogen-bond acceptors (Lipinski definition) is 4. The first kappa shape index (κ1) is 16.6. The first-order valence-electron chi connectivity index (χ1n) is 8.14. The molecule has 24 heavy (non-hydrogen) atoms. The molecule has 1 aromatic heterocycles. The van der Waals surface area contributed by atoms with E-state index >= 15 is 0 Å². The van der Waals surface area contributed by atoms with Gasteiger partial charge in [-0.15, -0.1) is 0 Å². The standard InChI is InChI=1S/C19H22N2O2S/c1-23-18-4-2-3-17(13-18)20-16-7-10-21(11-8-16)19(22)6-5-15-9-12-24-14-15/h2-6,9,12-14,16,20H,7-8,10-11H2,1H3/b6-5+. The van der Waals surface area contributed by atoms with Crippen molar-refractivity contribution in [3.63, 3.8) is 0 Å². The molecule has 0 bridgehead atoms. The van der Waals surface area contributed by atoms with E-state index in [0.29, 0.717) is 6.04 Å². The lowest BCUT2D eigenvalue weighted by atomic mass is 10.0. The molecule has 5 heteroatoms. The third-order valence-corrected chi connectivity index (χ3v) is 4.91. The van der Waals surface area contributed by atoms with Crippen molar-refractivity contribution in [1.82, 2.24) is 4.90 Å². The molecule has 0 atom stereocenters. The monoisotopic (exact) mass is 342 g/mol. The van der Waals surface area contributed by atoms with E-state index in [4.69, 9.17) is 4.74 Å². The zero-order valence-electron chi connectivity index (χ0n) is 13.8. The fourth-order valence-electron chi connectivity index (χ4n) is 2.84. The number of thiophene rings is 1. The number of nitrogens with one attached hydrogen (secondary N) is 1. The van der Waals surface area contributed by atoms with Crippen LogP contribution in [0.25, 0.3) is 6.08 Å². The quantitative estimate of drug-likeness (QED) is 0.839. The van der Waals surface area contributed by atoms with E-state index in [2.05, 4.69) is 5.32 Å². The normalized spacial score (nSPS) is 15.6. The van der Waals surface area contributed by atoms with Crippen LogP contribution in [0.1, 0.15) is 18.4 Å². The Balaban J connectivity index is 1.49. The van der Waals surface area contributed by atoms with Crippen LogP contribution in [0.15, 0.2) is 47.2 Å². The fraction of sp³-hybridized carbons (Fsp3) is 0.316. The van der Waals surface area contributed by atoms with Crippen molar-refractivity contribution in [3.8, 4) is 5.75 Å². The summed E-state index contributed by atoms with van der Waals surface area (Å²) in [6.07, 6.45) is 5.47. The Kier molecular flexibility index (Phi) is 5.54. The van der Waals surface area contributed by atoms with E-state index < -0.39 is 0 Å². The molecule has 0 saturated carbocycles. The molecule has 0 radical (unpaired) electrons. The topological polar surface area (TPSA) is 41.6 Å². The second-order valence-corrected chi connectivity index (χ2v) is 6.65. The smallest absolute Gasteiger partial charge is 0.246 e. The molecule has 1 fully saturated rings. The highest BCUT2D eigenvalue weighted by Crippen LogP contribution is 2.21. The van der Waals surface area contributed by atoms with E-state index in [1.165, 1.54) is 0 Å². The molecule has 0 spiro atoms. The average Bonchev–Trinajstić information content (AvgIpc) is 3.14. The number of anilines is 1. The maximum atomic E-state index is 12.2. The SMILES string of the molecule is COc1cccc(NC2CCN(C(=O)/C=C/c3ccsc3)CC2)c1. The number of likely N-dealkylation sites (tertiary alicyclic amines) is 1. The summed E-state index contributed by atoms with van der Waals surface area (Å²) in [4.78, 5) is 14.2. The first-order valence-corrected chi connectivity index (χ1v) is 9.08. The number of rotatable bonds is 5. The van der Waals surface area contributed by atoms with Crippen LogP contribution in [0.4, 0.5) is 5.69 Å². The van der Waals surface area contributed by atoms with Gasteiger partial charge in [0, 0.05) is 37.0 Å². The zero-order valence-corrected chi connectivity index (χ0v) is 14.6. The Hall–Kier alpha value is -2.27. The van der Waals surface area contributed by atoms with Crippen molar-refractivity contribution in [3.05, 3.63) is 52.7 Å². The minimum Gasteiger partial charge on any atom is -0.497 e. The molecule has 1 amide bonds. The third-order valence-electron chi connectivity index (χ3n) is 4.21. The van der Waals surface area contributed by atoms with E-state index in [-0.39, 0.29) is 5.91 Å². The molecule has 1 aliphatic heterocycles. The Morgan fingerprint density at radius 3 is 2.88 bits per heavy atom. The Morgan fingerprint density at radius 1 is 1.33 bits per heavy atom. The molecule has 126 valence electrons. The van der Waals surface area contributed by atoms with E-state index in [0.717, 1.165) is 42.9 Å². The largest absolute Gasteiger partial charge is 0.497 e. The van der Waals surface area contributed by atoms with Gasteiger partial charge < -0.3 is 15.0 Å². The van der Waals surface area contributed by atoms with Gasteiger partial charge in [0.2, 0.25) is 5.91 Å². The van der Waals surface area contributed by atoms with Gasteiger partial charge in [0.15, 0.2) is 0 Å². The van der Waals surface area contributed by atoms with E-state index in [1.807, 2.05) is 52.1 Å². The van der Waals surface area contributed by atoms with Gasteiger partial charge in [-0.1, -0.05) is 6.07 Å². The number of amides is 1. The molecular weight excluding hydrogens is 320 g/mol. The molecule has 0 aliphatic carbocycles. The van der Waals surface area contributed by atoms with Crippen LogP contribution >= 0.6 is 11.3 Å². The summed E-state index contributed by atoms with van der Waals surface area (Å²) in [5.74, 6) is 0.951. The van der Waals surface area contributed by atoms with Gasteiger partial charge in [-0.3, -0.25) is 4.79 Å². The Morgan fingerprint density at radius 2 is 2.17 bits per heavy atom. The van der Waals surface area contributed by atoms with Crippen LogP contribution in [0.2, 0.25) is 0 Å². The third kappa shape index (κ3) is 4.38. The lowest BCUT2D eigenvalue weighted by Gasteiger charge is -2.32. The van der Waals surface area contributed by atoms with E-state index in [9.17, 15) is 4.79 Å². The molecule has 1 N–H and O–H groups in total. The first-order chi connectivity index (χ1) is 11.7. The summed E-state index contributed by atoms with van der Waals surface area (Å²) in [5, 5.41) is 7.58. The summed E-state index contributed by atoms with van der Waals surface area (Å²) in [6, 6.07) is 10.4. The van der Waals surface area contributed by atoms with Gasteiger partial charge >= 0.3 is 0 Å². The van der Waals surface area contributed by atoms with Crippen LogP contribution in [0.3, 0.4) is 0 Å². The minimum atomic E-state index is 0.0982. The van der Waals surface area contributed by atoms with Gasteiger partial charge in [-0.25, -0.2) is 0 Å². The predicted octanol–water partition coefficient (Wildman–Crippen LogP) is 3.87. The van der Waals surface area contributed by atoms with Gasteiger partial charge in [0.05, 0.1) is 7.11 Å². The highest BCUT2D eigenvalue weighted by Gasteiger charge is 2.21. The summed E-state index contributed by atoms with van der Waals surface area (Å²) in [5.41, 5.74) is 2.15. The van der Waals surface area contributed by atoms with Crippen LogP contribution in [0.5, 0.6) is 5.75 Å². The minimum absolute atomic E-state index is 0.0982. The fourth-order valence-corrected chi connectivity index (χ4v) is 3.46. The second-order valence-electron chi connectivity index (χ2n) is 5.87. The van der Waals surface area contributed by atoms with Gasteiger partial charge in [0.25, 0.3) is 0 Å². The summed E-state index contributed by atoms with van der Waals surface area (Å²) in [7, 11) is 1.67. The highest BCUT2D eigenvalue weighted by molar-refractivity contribution is 7.08. The molecule has 1 aliphatic rings. The molecule has 0 unspecified atom stereocenters. The zero-order chi connectivity index (χ0) is 16.8. The second kappa shape index (κ2) is 8.02. The average molecular weight is 342 g/mol. The van der Waals surface area contributed by atoms with Gasteiger partial charge in [-0.2, -0.15) is 11.3 Å². The van der Waals surface area contributed by atoms with Crippen molar-refractivity contribution >= 4 is 29.0 Å². The lowest BCUT2D eigenvalue weighted by molar-refractivity contribution is -0.126. The molecule has 1 saturated heterocycles. The maximum absolute atomic E-state index is 12.2. The number of nitrogens with zero attached hydrogens (tertiary/aromatic N) is 1. The Bertz CT molecular complexity index is 689. The van der Waals surface area contributed by atoms with Crippen LogP contribution in [-0.4, -0.2) is 37.0 Å². The van der Waals surface area contributed by atoms with Gasteiger partial charge in [-0.05, 0) is 53.4 Å². The number of carbonyl (C=O) groups excluding carboxylic acids is 1. The summed E-state index contributed by atoms with van der Waals surface area (Å²) in [6.45, 7) is 1.57. The predicted molar refractivity (Wildman–Crippen MR) is 99.6 cm³/mol. The van der Waals surface area contributed by atoms with Crippen LogP contribution in [-0.2, 0) is 4.79 Å². The van der Waals surface area contributed by atoms with Crippen molar-refractivity contribution in [2.75, 3.05) is 25.5 Å². The number of ether oxygens (including phenoxy) is 1. The van der Waals surface area contributed by atoms with Crippen molar-refractivity contribution in [1.29, 1.82) is 0 Å². The van der Waals surface area contributed by atoms with Crippen LogP contribution < -0.4 is 10.1 Å². The van der Waals surface area contributed by atoms with Crippen molar-refractivity contribution in [2.24, 2.45) is 0 Å². The molecule has 2 heterocycles.